The molecule has 1 unspecified atom stereocenters. The molecule has 2 saturated heterocycles. The maximum atomic E-state index is 12.0. The van der Waals surface area contributed by atoms with E-state index in [0.29, 0.717) is 12.8 Å². The minimum absolute atomic E-state index is 0.0512. The van der Waals surface area contributed by atoms with Crippen LogP contribution in [0.4, 0.5) is 0 Å². The summed E-state index contributed by atoms with van der Waals surface area (Å²) in [7, 11) is 1.75. The number of carboxylic acid groups (broad SMARTS) is 1. The zero-order valence-electron chi connectivity index (χ0n) is 14.2. The first-order chi connectivity index (χ1) is 11.4. The average molecular weight is 332 g/mol. The molecule has 0 bridgehead atoms. The summed E-state index contributed by atoms with van der Waals surface area (Å²) in [5.41, 5.74) is 0.685. The number of carboxylic acids is 1. The van der Waals surface area contributed by atoms with Crippen molar-refractivity contribution >= 4 is 18.0 Å². The summed E-state index contributed by atoms with van der Waals surface area (Å²) in [5.74, 6) is -0.648. The second-order valence-corrected chi connectivity index (χ2v) is 6.93. The Morgan fingerprint density at radius 2 is 2.17 bits per heavy atom. The summed E-state index contributed by atoms with van der Waals surface area (Å²) in [6, 6.07) is 3.79. The fourth-order valence-electron chi connectivity index (χ4n) is 4.10. The molecular weight excluding hydrogens is 308 g/mol. The largest absolute Gasteiger partial charge is 0.481 e. The molecule has 3 rings (SSSR count). The summed E-state index contributed by atoms with van der Waals surface area (Å²) >= 11 is 0. The van der Waals surface area contributed by atoms with E-state index in [1.165, 1.54) is 5.57 Å². The Kier molecular flexibility index (Phi) is 4.49. The highest BCUT2D eigenvalue weighted by atomic mass is 16.4. The molecule has 0 aromatic carbocycles. The highest BCUT2D eigenvalue weighted by Crippen LogP contribution is 2.42. The molecule has 1 N–H and O–H groups in total. The van der Waals surface area contributed by atoms with Gasteiger partial charge in [0.15, 0.2) is 0 Å². The Bertz CT molecular complexity index is 642. The second-order valence-electron chi connectivity index (χ2n) is 6.93. The fourth-order valence-corrected chi connectivity index (χ4v) is 4.10. The van der Waals surface area contributed by atoms with Crippen molar-refractivity contribution < 1.29 is 19.1 Å². The number of likely N-dealkylation sites (tertiary alicyclic amines) is 2. The van der Waals surface area contributed by atoms with Crippen molar-refractivity contribution in [3.63, 3.8) is 0 Å². The maximum absolute atomic E-state index is 12.0. The molecule has 1 aromatic heterocycles. The predicted molar refractivity (Wildman–Crippen MR) is 89.3 cm³/mol. The SMILES string of the molecule is C/C(=C\c1ccco1)CN1CCC2(CC1)C(C(=O)O)CC(=O)N2C. The topological polar surface area (TPSA) is 74.0 Å². The van der Waals surface area contributed by atoms with E-state index in [1.54, 1.807) is 18.2 Å². The van der Waals surface area contributed by atoms with E-state index in [9.17, 15) is 14.7 Å². The van der Waals surface area contributed by atoms with Gasteiger partial charge in [0.05, 0.1) is 17.7 Å². The minimum atomic E-state index is -0.852. The summed E-state index contributed by atoms with van der Waals surface area (Å²) in [4.78, 5) is 27.6. The van der Waals surface area contributed by atoms with Crippen LogP contribution < -0.4 is 0 Å². The molecule has 24 heavy (non-hydrogen) atoms. The minimum Gasteiger partial charge on any atom is -0.481 e. The van der Waals surface area contributed by atoms with E-state index in [0.717, 1.165) is 25.4 Å². The first-order valence-corrected chi connectivity index (χ1v) is 8.35. The van der Waals surface area contributed by atoms with Crippen molar-refractivity contribution in [2.24, 2.45) is 5.92 Å². The van der Waals surface area contributed by atoms with Crippen LogP contribution in [0.3, 0.4) is 0 Å². The number of carbonyl (C=O) groups excluding carboxylic acids is 1. The van der Waals surface area contributed by atoms with Crippen LogP contribution in [0.2, 0.25) is 0 Å². The van der Waals surface area contributed by atoms with Crippen molar-refractivity contribution in [1.29, 1.82) is 0 Å². The van der Waals surface area contributed by atoms with E-state index in [1.807, 2.05) is 18.2 Å². The van der Waals surface area contributed by atoms with Gasteiger partial charge >= 0.3 is 5.97 Å². The lowest BCUT2D eigenvalue weighted by atomic mass is 9.77. The Hall–Kier alpha value is -2.08. The normalized spacial score (nSPS) is 24.8. The number of furan rings is 1. The number of piperidine rings is 1. The van der Waals surface area contributed by atoms with Gasteiger partial charge in [-0.3, -0.25) is 14.5 Å². The highest BCUT2D eigenvalue weighted by molar-refractivity contribution is 5.88. The van der Waals surface area contributed by atoms with Gasteiger partial charge in [0, 0.05) is 33.1 Å². The van der Waals surface area contributed by atoms with Crippen LogP contribution in [0.1, 0.15) is 31.9 Å². The molecule has 1 atom stereocenters. The molecule has 6 heteroatoms. The molecule has 0 aliphatic carbocycles. The molecule has 0 radical (unpaired) electrons. The molecule has 2 aliphatic rings. The quantitative estimate of drug-likeness (QED) is 0.914. The zero-order chi connectivity index (χ0) is 17.3. The van der Waals surface area contributed by atoms with Gasteiger partial charge in [-0.15, -0.1) is 0 Å². The van der Waals surface area contributed by atoms with Crippen molar-refractivity contribution in [2.45, 2.75) is 31.7 Å². The molecule has 1 aromatic rings. The molecule has 1 spiro atoms. The number of amides is 1. The molecule has 2 aliphatic heterocycles. The smallest absolute Gasteiger partial charge is 0.309 e. The first-order valence-electron chi connectivity index (χ1n) is 8.35. The van der Waals surface area contributed by atoms with Gasteiger partial charge < -0.3 is 14.4 Å². The Balaban J connectivity index is 1.64. The Labute approximate surface area is 141 Å². The number of carbonyl (C=O) groups is 2. The monoisotopic (exact) mass is 332 g/mol. The number of rotatable bonds is 4. The van der Waals surface area contributed by atoms with Gasteiger partial charge in [0.25, 0.3) is 0 Å². The molecular formula is C18H24N2O4. The van der Waals surface area contributed by atoms with Gasteiger partial charge in [-0.05, 0) is 38.0 Å². The standard InChI is InChI=1S/C18H24N2O4/c1-13(10-14-4-3-9-24-14)12-20-7-5-18(6-8-20)15(17(22)23)11-16(21)19(18)2/h3-4,9-10,15H,5-8,11-12H2,1-2H3,(H,22,23)/b13-10+. The third kappa shape index (κ3) is 2.98. The van der Waals surface area contributed by atoms with Crippen molar-refractivity contribution in [3.05, 3.63) is 29.7 Å². The van der Waals surface area contributed by atoms with Crippen molar-refractivity contribution in [2.75, 3.05) is 26.7 Å². The number of aliphatic carboxylic acids is 1. The lowest BCUT2D eigenvalue weighted by Gasteiger charge is -2.45. The molecule has 0 saturated carbocycles. The van der Waals surface area contributed by atoms with Crippen LogP contribution in [0, 0.1) is 5.92 Å². The van der Waals surface area contributed by atoms with E-state index < -0.39 is 17.4 Å². The highest BCUT2D eigenvalue weighted by Gasteiger charge is 2.55. The van der Waals surface area contributed by atoms with E-state index in [2.05, 4.69) is 11.8 Å². The molecule has 3 heterocycles. The van der Waals surface area contributed by atoms with Gasteiger partial charge in [-0.2, -0.15) is 0 Å². The first kappa shape index (κ1) is 16.8. The van der Waals surface area contributed by atoms with Gasteiger partial charge in [0.1, 0.15) is 5.76 Å². The average Bonchev–Trinajstić information content (AvgIpc) is 3.12. The Morgan fingerprint density at radius 3 is 2.75 bits per heavy atom. The van der Waals surface area contributed by atoms with Crippen LogP contribution in [0.25, 0.3) is 6.08 Å². The van der Waals surface area contributed by atoms with E-state index in [-0.39, 0.29) is 12.3 Å². The van der Waals surface area contributed by atoms with Crippen LogP contribution in [-0.4, -0.2) is 59.0 Å². The molecule has 2 fully saturated rings. The third-order valence-electron chi connectivity index (χ3n) is 5.49. The van der Waals surface area contributed by atoms with Gasteiger partial charge in [-0.1, -0.05) is 5.57 Å². The van der Waals surface area contributed by atoms with Crippen LogP contribution in [0.5, 0.6) is 0 Å². The lowest BCUT2D eigenvalue weighted by molar-refractivity contribution is -0.146. The number of hydrogen-bond acceptors (Lipinski definition) is 4. The maximum Gasteiger partial charge on any atom is 0.309 e. The van der Waals surface area contributed by atoms with Crippen LogP contribution in [-0.2, 0) is 9.59 Å². The fraction of sp³-hybridized carbons (Fsp3) is 0.556. The zero-order valence-corrected chi connectivity index (χ0v) is 14.2. The summed E-state index contributed by atoms with van der Waals surface area (Å²) < 4.78 is 5.33. The van der Waals surface area contributed by atoms with Crippen molar-refractivity contribution in [3.8, 4) is 0 Å². The lowest BCUT2D eigenvalue weighted by Crippen LogP contribution is -2.56. The number of hydrogen-bond donors (Lipinski definition) is 1. The summed E-state index contributed by atoms with van der Waals surface area (Å²) in [5, 5.41) is 9.51. The predicted octanol–water partition coefficient (Wildman–Crippen LogP) is 2.08. The van der Waals surface area contributed by atoms with Crippen molar-refractivity contribution in [1.82, 2.24) is 9.80 Å². The van der Waals surface area contributed by atoms with Crippen LogP contribution >= 0.6 is 0 Å². The summed E-state index contributed by atoms with van der Waals surface area (Å²) in [6.07, 6.45) is 5.22. The third-order valence-corrected chi connectivity index (χ3v) is 5.49. The van der Waals surface area contributed by atoms with E-state index in [4.69, 9.17) is 4.42 Å². The second kappa shape index (κ2) is 6.43. The van der Waals surface area contributed by atoms with Gasteiger partial charge in [0.2, 0.25) is 5.91 Å². The van der Waals surface area contributed by atoms with E-state index >= 15 is 0 Å². The van der Waals surface area contributed by atoms with Gasteiger partial charge in [-0.25, -0.2) is 0 Å². The molecule has 1 amide bonds. The van der Waals surface area contributed by atoms with Crippen LogP contribution in [0.15, 0.2) is 28.4 Å². The Morgan fingerprint density at radius 1 is 1.46 bits per heavy atom. The molecule has 130 valence electrons. The summed E-state index contributed by atoms with van der Waals surface area (Å²) in [6.45, 7) is 4.49. The molecule has 6 nitrogen and oxygen atoms in total. The number of nitrogens with zero attached hydrogens (tertiary/aromatic N) is 2.